The Morgan fingerprint density at radius 3 is 2.46 bits per heavy atom. The number of piperidine rings is 1. The van der Waals surface area contributed by atoms with Crippen LogP contribution in [0.3, 0.4) is 0 Å². The molecule has 1 unspecified atom stereocenters. The molecule has 4 rings (SSSR count). The summed E-state index contributed by atoms with van der Waals surface area (Å²) < 4.78 is 15.3. The van der Waals surface area contributed by atoms with E-state index in [1.165, 1.54) is 31.4 Å². The molecule has 196 valence electrons. The number of allylic oxidation sites excluding steroid dienone is 1. The average molecular weight is 507 g/mol. The molecule has 1 N–H and O–H groups in total. The van der Waals surface area contributed by atoms with Gasteiger partial charge in [-0.3, -0.25) is 24.5 Å². The highest BCUT2D eigenvalue weighted by atomic mass is 19.1. The molecule has 2 amide bonds. The van der Waals surface area contributed by atoms with Crippen molar-refractivity contribution in [3.8, 4) is 0 Å². The second-order valence-corrected chi connectivity index (χ2v) is 10.6. The summed E-state index contributed by atoms with van der Waals surface area (Å²) in [7, 11) is 0. The molecule has 1 saturated carbocycles. The van der Waals surface area contributed by atoms with Crippen molar-refractivity contribution in [1.82, 2.24) is 10.2 Å². The fraction of sp³-hybridized carbons (Fsp3) is 0.467. The first-order chi connectivity index (χ1) is 17.6. The van der Waals surface area contributed by atoms with Crippen molar-refractivity contribution in [3.05, 3.63) is 65.0 Å². The third-order valence-electron chi connectivity index (χ3n) is 7.89. The molecule has 1 saturated heterocycles. The molecular weight excluding hydrogens is 471 g/mol. The standard InChI is InChI=1S/C30H35FN2O4/c1-18-6-8-21(9-7-18)17-33-13-4-5-22(12-14-33)25-15-26(24(20(3)34)16-27(25)31)29(36)19(2)23-10-11-28(35)32-30(23)37/h5,15-16,21,23H,1-2,4,6-14,17H2,3H3,(H,32,35,37). The summed E-state index contributed by atoms with van der Waals surface area (Å²) >= 11 is 0. The van der Waals surface area contributed by atoms with Gasteiger partial charge in [-0.15, -0.1) is 0 Å². The van der Waals surface area contributed by atoms with E-state index in [4.69, 9.17) is 0 Å². The van der Waals surface area contributed by atoms with Crippen LogP contribution in [0.4, 0.5) is 4.39 Å². The largest absolute Gasteiger partial charge is 0.302 e. The topological polar surface area (TPSA) is 83.6 Å². The highest BCUT2D eigenvalue weighted by Crippen LogP contribution is 2.32. The van der Waals surface area contributed by atoms with Crippen LogP contribution in [-0.2, 0) is 9.59 Å². The molecule has 2 fully saturated rings. The molecular formula is C30H35FN2O4. The Labute approximate surface area is 217 Å². The number of imide groups is 1. The monoisotopic (exact) mass is 506 g/mol. The van der Waals surface area contributed by atoms with Crippen molar-refractivity contribution in [1.29, 1.82) is 0 Å². The predicted octanol–water partition coefficient (Wildman–Crippen LogP) is 5.05. The first-order valence-corrected chi connectivity index (χ1v) is 13.1. The van der Waals surface area contributed by atoms with Crippen LogP contribution >= 0.6 is 0 Å². The van der Waals surface area contributed by atoms with Gasteiger partial charge in [0.15, 0.2) is 11.6 Å². The van der Waals surface area contributed by atoms with Crippen LogP contribution in [0.1, 0.15) is 84.6 Å². The molecule has 37 heavy (non-hydrogen) atoms. The number of rotatable bonds is 7. The highest BCUT2D eigenvalue weighted by Gasteiger charge is 2.33. The Hall–Kier alpha value is -3.19. The van der Waals surface area contributed by atoms with Crippen LogP contribution in [-0.4, -0.2) is 47.9 Å². The molecule has 0 radical (unpaired) electrons. The third kappa shape index (κ3) is 6.21. The fourth-order valence-electron chi connectivity index (χ4n) is 5.63. The number of ketones is 2. The number of benzene rings is 1. The zero-order chi connectivity index (χ0) is 26.7. The lowest BCUT2D eigenvalue weighted by molar-refractivity contribution is -0.135. The van der Waals surface area contributed by atoms with E-state index in [-0.39, 0.29) is 29.5 Å². The maximum atomic E-state index is 15.3. The van der Waals surface area contributed by atoms with Crippen LogP contribution in [0.5, 0.6) is 0 Å². The summed E-state index contributed by atoms with van der Waals surface area (Å²) in [5.41, 5.74) is 2.47. The molecule has 0 bridgehead atoms. The summed E-state index contributed by atoms with van der Waals surface area (Å²) in [6.07, 6.45) is 8.24. The second kappa shape index (κ2) is 11.5. The minimum Gasteiger partial charge on any atom is -0.302 e. The lowest BCUT2D eigenvalue weighted by Gasteiger charge is -2.29. The zero-order valence-electron chi connectivity index (χ0n) is 21.5. The van der Waals surface area contributed by atoms with E-state index in [0.717, 1.165) is 50.5 Å². The molecule has 3 aliphatic rings. The highest BCUT2D eigenvalue weighted by molar-refractivity contribution is 6.18. The van der Waals surface area contributed by atoms with Crippen LogP contribution in [0.25, 0.3) is 5.57 Å². The molecule has 6 nitrogen and oxygen atoms in total. The van der Waals surface area contributed by atoms with Gasteiger partial charge in [-0.25, -0.2) is 4.39 Å². The van der Waals surface area contributed by atoms with Gasteiger partial charge in [0.2, 0.25) is 11.8 Å². The van der Waals surface area contributed by atoms with Crippen LogP contribution in [0, 0.1) is 17.7 Å². The van der Waals surface area contributed by atoms with E-state index in [9.17, 15) is 19.2 Å². The van der Waals surface area contributed by atoms with Gasteiger partial charge in [-0.2, -0.15) is 0 Å². The van der Waals surface area contributed by atoms with Gasteiger partial charge in [0.1, 0.15) is 5.82 Å². The summed E-state index contributed by atoms with van der Waals surface area (Å²) in [6, 6.07) is 2.57. The van der Waals surface area contributed by atoms with Gasteiger partial charge in [-0.1, -0.05) is 24.8 Å². The minimum atomic E-state index is -0.860. The van der Waals surface area contributed by atoms with Crippen LogP contribution in [0.2, 0.25) is 0 Å². The molecule has 7 heteroatoms. The SMILES string of the molecule is C=C1CCC(CN2CCC=C(c3cc(C(=O)C(=C)C4CCC(=O)NC4=O)c(C(C)=O)cc3F)CC2)CC1. The summed E-state index contributed by atoms with van der Waals surface area (Å²) in [4.78, 5) is 52.0. The van der Waals surface area contributed by atoms with E-state index < -0.39 is 35.1 Å². The number of nitrogens with one attached hydrogen (secondary N) is 1. The predicted molar refractivity (Wildman–Crippen MR) is 140 cm³/mol. The summed E-state index contributed by atoms with van der Waals surface area (Å²) in [6.45, 7) is 11.9. The van der Waals surface area contributed by atoms with Crippen LogP contribution in [0.15, 0.2) is 42.5 Å². The number of carbonyl (C=O) groups excluding carboxylic acids is 4. The second-order valence-electron chi connectivity index (χ2n) is 10.6. The number of carbonyl (C=O) groups is 4. The van der Waals surface area contributed by atoms with E-state index in [0.29, 0.717) is 17.9 Å². The van der Waals surface area contributed by atoms with Crippen molar-refractivity contribution in [2.75, 3.05) is 19.6 Å². The van der Waals surface area contributed by atoms with Gasteiger partial charge in [0, 0.05) is 48.3 Å². The summed E-state index contributed by atoms with van der Waals surface area (Å²) in [5.74, 6) is -2.73. The van der Waals surface area contributed by atoms with E-state index in [2.05, 4.69) is 23.4 Å². The van der Waals surface area contributed by atoms with Gasteiger partial charge in [-0.05, 0) is 75.5 Å². The fourth-order valence-corrected chi connectivity index (χ4v) is 5.63. The number of nitrogens with zero attached hydrogens (tertiary/aromatic N) is 1. The normalized spacial score (nSPS) is 21.7. The Bertz CT molecular complexity index is 1190. The molecule has 1 aliphatic carbocycles. The summed E-state index contributed by atoms with van der Waals surface area (Å²) in [5, 5.41) is 2.23. The Kier molecular flexibility index (Phi) is 8.32. The van der Waals surface area contributed by atoms with E-state index in [1.807, 2.05) is 6.08 Å². The lowest BCUT2D eigenvalue weighted by atomic mass is 9.84. The van der Waals surface area contributed by atoms with Gasteiger partial charge in [0.25, 0.3) is 0 Å². The Morgan fingerprint density at radius 1 is 1.05 bits per heavy atom. The molecule has 0 aromatic heterocycles. The minimum absolute atomic E-state index is 0.00115. The zero-order valence-corrected chi connectivity index (χ0v) is 21.5. The number of hydrogen-bond donors (Lipinski definition) is 1. The molecule has 2 heterocycles. The molecule has 0 spiro atoms. The first kappa shape index (κ1) is 26.9. The van der Waals surface area contributed by atoms with Crippen molar-refractivity contribution in [3.63, 3.8) is 0 Å². The Balaban J connectivity index is 1.53. The molecule has 1 atom stereocenters. The van der Waals surface area contributed by atoms with Crippen molar-refractivity contribution >= 4 is 29.0 Å². The van der Waals surface area contributed by atoms with E-state index >= 15 is 4.39 Å². The van der Waals surface area contributed by atoms with Gasteiger partial charge in [0.05, 0.1) is 5.92 Å². The van der Waals surface area contributed by atoms with Crippen molar-refractivity contribution in [2.45, 2.75) is 58.3 Å². The molecule has 2 aliphatic heterocycles. The maximum absolute atomic E-state index is 15.3. The average Bonchev–Trinajstić information content (AvgIpc) is 3.10. The quantitative estimate of drug-likeness (QED) is 0.242. The third-order valence-corrected chi connectivity index (χ3v) is 7.89. The number of amides is 2. The number of hydrogen-bond acceptors (Lipinski definition) is 5. The van der Waals surface area contributed by atoms with Gasteiger partial charge < -0.3 is 4.90 Å². The van der Waals surface area contributed by atoms with E-state index in [1.54, 1.807) is 0 Å². The van der Waals surface area contributed by atoms with Crippen molar-refractivity contribution < 1.29 is 23.6 Å². The molecule has 1 aromatic rings. The number of halogens is 1. The first-order valence-electron chi connectivity index (χ1n) is 13.1. The van der Waals surface area contributed by atoms with Crippen molar-refractivity contribution in [2.24, 2.45) is 11.8 Å². The van der Waals surface area contributed by atoms with Crippen LogP contribution < -0.4 is 5.32 Å². The molecule has 1 aromatic carbocycles. The lowest BCUT2D eigenvalue weighted by Crippen LogP contribution is -2.42. The van der Waals surface area contributed by atoms with Gasteiger partial charge >= 0.3 is 0 Å². The number of Topliss-reactive ketones (excluding diaryl/α,β-unsaturated/α-hetero) is 2. The Morgan fingerprint density at radius 2 is 1.78 bits per heavy atom. The maximum Gasteiger partial charge on any atom is 0.234 e. The smallest absolute Gasteiger partial charge is 0.234 e.